The van der Waals surface area contributed by atoms with E-state index >= 15 is 0 Å². The summed E-state index contributed by atoms with van der Waals surface area (Å²) in [5, 5.41) is 12.4. The summed E-state index contributed by atoms with van der Waals surface area (Å²) in [5.74, 6) is 1.63. The van der Waals surface area contributed by atoms with Crippen LogP contribution in [0.15, 0.2) is 63.8 Å². The minimum absolute atomic E-state index is 0.132. The van der Waals surface area contributed by atoms with Gasteiger partial charge in [0.2, 0.25) is 0 Å². The van der Waals surface area contributed by atoms with Crippen molar-refractivity contribution in [2.45, 2.75) is 20.1 Å². The van der Waals surface area contributed by atoms with Gasteiger partial charge in [-0.25, -0.2) is 0 Å². The van der Waals surface area contributed by atoms with E-state index in [0.29, 0.717) is 17.9 Å². The number of nitrogens with one attached hydrogen (secondary N) is 1. The first kappa shape index (κ1) is 17.8. The predicted octanol–water partition coefficient (Wildman–Crippen LogP) is 3.73. The van der Waals surface area contributed by atoms with Crippen LogP contribution in [0.3, 0.4) is 0 Å². The Labute approximate surface area is 151 Å². The predicted molar refractivity (Wildman–Crippen MR) is 101 cm³/mol. The van der Waals surface area contributed by atoms with Crippen molar-refractivity contribution in [2.75, 3.05) is 12.4 Å². The van der Waals surface area contributed by atoms with Crippen LogP contribution in [0.2, 0.25) is 0 Å². The summed E-state index contributed by atoms with van der Waals surface area (Å²) >= 11 is 0. The highest BCUT2D eigenvalue weighted by Crippen LogP contribution is 2.24. The number of aliphatic hydroxyl groups excluding tert-OH is 1. The first-order valence-electron chi connectivity index (χ1n) is 8.32. The van der Waals surface area contributed by atoms with Crippen molar-refractivity contribution in [3.05, 3.63) is 81.9 Å². The largest absolute Gasteiger partial charge is 0.497 e. The first-order chi connectivity index (χ1) is 12.6. The van der Waals surface area contributed by atoms with Gasteiger partial charge < -0.3 is 19.6 Å². The van der Waals surface area contributed by atoms with Gasteiger partial charge in [0, 0.05) is 17.3 Å². The molecular weight excluding hydrogens is 330 g/mol. The molecule has 0 spiro atoms. The molecule has 5 nitrogen and oxygen atoms in total. The average Bonchev–Trinajstić information content (AvgIpc) is 2.69. The van der Waals surface area contributed by atoms with Gasteiger partial charge in [0.1, 0.15) is 23.9 Å². The zero-order valence-corrected chi connectivity index (χ0v) is 14.8. The fourth-order valence-electron chi connectivity index (χ4n) is 2.65. The maximum absolute atomic E-state index is 11.9. The number of aliphatic hydroxyl groups is 1. The third-order valence-corrected chi connectivity index (χ3v) is 4.25. The molecule has 0 atom stereocenters. The van der Waals surface area contributed by atoms with Gasteiger partial charge in [-0.1, -0.05) is 24.3 Å². The van der Waals surface area contributed by atoms with Crippen LogP contribution >= 0.6 is 0 Å². The second-order valence-electron chi connectivity index (χ2n) is 5.94. The molecule has 0 aliphatic carbocycles. The molecule has 0 fully saturated rings. The molecule has 5 heteroatoms. The number of rotatable bonds is 6. The summed E-state index contributed by atoms with van der Waals surface area (Å²) in [4.78, 5) is 11.9. The molecule has 2 aromatic carbocycles. The fourth-order valence-corrected chi connectivity index (χ4v) is 2.65. The van der Waals surface area contributed by atoms with Crippen molar-refractivity contribution in [1.82, 2.24) is 0 Å². The number of anilines is 1. The van der Waals surface area contributed by atoms with Gasteiger partial charge in [-0.15, -0.1) is 0 Å². The Kier molecular flexibility index (Phi) is 5.39. The lowest BCUT2D eigenvalue weighted by Gasteiger charge is -2.10. The van der Waals surface area contributed by atoms with E-state index in [1.54, 1.807) is 14.0 Å². The van der Waals surface area contributed by atoms with Crippen molar-refractivity contribution in [3.63, 3.8) is 0 Å². The van der Waals surface area contributed by atoms with E-state index in [0.717, 1.165) is 22.6 Å². The zero-order chi connectivity index (χ0) is 18.5. The van der Waals surface area contributed by atoms with E-state index in [1.165, 1.54) is 6.07 Å². The Bertz CT molecular complexity index is 928. The van der Waals surface area contributed by atoms with E-state index in [2.05, 4.69) is 5.32 Å². The molecule has 0 saturated carbocycles. The van der Waals surface area contributed by atoms with Crippen LogP contribution in [0.5, 0.6) is 5.75 Å². The second kappa shape index (κ2) is 7.89. The van der Waals surface area contributed by atoms with Crippen LogP contribution in [-0.2, 0) is 13.2 Å². The monoisotopic (exact) mass is 351 g/mol. The molecule has 0 saturated heterocycles. The zero-order valence-electron chi connectivity index (χ0n) is 14.8. The minimum Gasteiger partial charge on any atom is -0.497 e. The van der Waals surface area contributed by atoms with E-state index < -0.39 is 0 Å². The topological polar surface area (TPSA) is 71.7 Å². The molecule has 1 heterocycles. The molecule has 134 valence electrons. The summed E-state index contributed by atoms with van der Waals surface area (Å²) in [6, 6.07) is 17.2. The molecule has 0 aliphatic heterocycles. The third-order valence-electron chi connectivity index (χ3n) is 4.25. The molecule has 0 unspecified atom stereocenters. The van der Waals surface area contributed by atoms with Crippen molar-refractivity contribution in [2.24, 2.45) is 0 Å². The second-order valence-corrected chi connectivity index (χ2v) is 5.94. The molecule has 0 amide bonds. The highest BCUT2D eigenvalue weighted by Gasteiger charge is 2.08. The number of benzene rings is 2. The minimum atomic E-state index is -0.293. The number of hydrogen-bond donors (Lipinski definition) is 2. The molecule has 3 rings (SSSR count). The van der Waals surface area contributed by atoms with Crippen LogP contribution in [0.4, 0.5) is 5.69 Å². The molecule has 0 bridgehead atoms. The summed E-state index contributed by atoms with van der Waals surface area (Å²) < 4.78 is 10.7. The molecule has 2 N–H and O–H groups in total. The van der Waals surface area contributed by atoms with Gasteiger partial charge in [-0.2, -0.15) is 0 Å². The van der Waals surface area contributed by atoms with Gasteiger partial charge in [0.15, 0.2) is 5.43 Å². The third kappa shape index (κ3) is 3.95. The molecule has 0 radical (unpaired) electrons. The SMILES string of the molecule is COc1ccc(-c2ccc(NCc3oc(CO)cc(=O)c3C)cc2)cc1. The quantitative estimate of drug-likeness (QED) is 0.708. The lowest BCUT2D eigenvalue weighted by atomic mass is 10.1. The van der Waals surface area contributed by atoms with Gasteiger partial charge in [0.05, 0.1) is 13.7 Å². The lowest BCUT2D eigenvalue weighted by molar-refractivity contribution is 0.239. The van der Waals surface area contributed by atoms with E-state index in [-0.39, 0.29) is 17.8 Å². The van der Waals surface area contributed by atoms with Crippen LogP contribution in [0.25, 0.3) is 11.1 Å². The molecule has 26 heavy (non-hydrogen) atoms. The smallest absolute Gasteiger partial charge is 0.188 e. The van der Waals surface area contributed by atoms with Crippen molar-refractivity contribution < 1.29 is 14.3 Å². The van der Waals surface area contributed by atoms with Gasteiger partial charge >= 0.3 is 0 Å². The fraction of sp³-hybridized carbons (Fsp3) is 0.190. The summed E-state index contributed by atoms with van der Waals surface area (Å²) in [6.07, 6.45) is 0. The summed E-state index contributed by atoms with van der Waals surface area (Å²) in [7, 11) is 1.65. The van der Waals surface area contributed by atoms with Gasteiger partial charge in [-0.3, -0.25) is 4.79 Å². The Balaban J connectivity index is 1.72. The van der Waals surface area contributed by atoms with E-state index in [4.69, 9.17) is 9.15 Å². The molecule has 0 aliphatic rings. The number of ether oxygens (including phenoxy) is 1. The van der Waals surface area contributed by atoms with Gasteiger partial charge in [-0.05, 0) is 42.3 Å². The van der Waals surface area contributed by atoms with Crippen LogP contribution in [0.1, 0.15) is 17.1 Å². The van der Waals surface area contributed by atoms with Crippen LogP contribution in [-0.4, -0.2) is 12.2 Å². The van der Waals surface area contributed by atoms with Crippen molar-refractivity contribution in [3.8, 4) is 16.9 Å². The standard InChI is InChI=1S/C21H21NO4/c1-14-20(24)11-19(13-23)26-21(14)12-22-17-7-3-15(4-8-17)16-5-9-18(25-2)10-6-16/h3-11,22-23H,12-13H2,1-2H3. The van der Waals surface area contributed by atoms with E-state index in [9.17, 15) is 9.90 Å². The first-order valence-corrected chi connectivity index (χ1v) is 8.32. The number of methoxy groups -OCH3 is 1. The Morgan fingerprint density at radius 3 is 2.23 bits per heavy atom. The Morgan fingerprint density at radius 1 is 1.04 bits per heavy atom. The normalized spacial score (nSPS) is 10.6. The maximum Gasteiger partial charge on any atom is 0.188 e. The van der Waals surface area contributed by atoms with E-state index in [1.807, 2.05) is 48.5 Å². The maximum atomic E-state index is 11.9. The van der Waals surface area contributed by atoms with Crippen LogP contribution < -0.4 is 15.5 Å². The summed E-state index contributed by atoms with van der Waals surface area (Å²) in [6.45, 7) is 1.80. The molecular formula is C21H21NO4. The highest BCUT2D eigenvalue weighted by molar-refractivity contribution is 5.66. The van der Waals surface area contributed by atoms with Crippen molar-refractivity contribution >= 4 is 5.69 Å². The Hall–Kier alpha value is -3.05. The van der Waals surface area contributed by atoms with Crippen LogP contribution in [0, 0.1) is 6.92 Å². The summed E-state index contributed by atoms with van der Waals surface area (Å²) in [5.41, 5.74) is 3.54. The highest BCUT2D eigenvalue weighted by atomic mass is 16.5. The van der Waals surface area contributed by atoms with Crippen molar-refractivity contribution in [1.29, 1.82) is 0 Å². The Morgan fingerprint density at radius 2 is 1.65 bits per heavy atom. The lowest BCUT2D eigenvalue weighted by Crippen LogP contribution is -2.12. The number of hydrogen-bond acceptors (Lipinski definition) is 5. The van der Waals surface area contributed by atoms with Gasteiger partial charge in [0.25, 0.3) is 0 Å². The molecule has 3 aromatic rings. The average molecular weight is 351 g/mol. The molecule has 1 aromatic heterocycles.